The first kappa shape index (κ1) is 20.1. The first-order valence-corrected chi connectivity index (χ1v) is 8.33. The van der Waals surface area contributed by atoms with Gasteiger partial charge in [0.15, 0.2) is 12.0 Å². The molecule has 0 radical (unpaired) electrons. The van der Waals surface area contributed by atoms with E-state index in [1.165, 1.54) is 19.2 Å². The van der Waals surface area contributed by atoms with Gasteiger partial charge in [-0.25, -0.2) is 4.79 Å². The average Bonchev–Trinajstić information content (AvgIpc) is 3.03. The lowest BCUT2D eigenvalue weighted by molar-refractivity contribution is -0.261. The van der Waals surface area contributed by atoms with Crippen LogP contribution in [0.5, 0.6) is 0 Å². The summed E-state index contributed by atoms with van der Waals surface area (Å²) >= 11 is 0. The van der Waals surface area contributed by atoms with Gasteiger partial charge >= 0.3 is 5.69 Å². The second-order valence-electron chi connectivity index (χ2n) is 6.69. The average molecular weight is 389 g/mol. The van der Waals surface area contributed by atoms with E-state index in [1.54, 1.807) is 0 Å². The maximum absolute atomic E-state index is 11.9. The SMILES string of the molecule is CC1(OC[C@H]2O[C@@H](n3ccc(N)nc3=O)[C@H](O)[C@@H]2O)O[C@H](CO)[C@@H](O)[C@H]1O. The van der Waals surface area contributed by atoms with Crippen molar-refractivity contribution in [3.05, 3.63) is 22.7 Å². The molecule has 27 heavy (non-hydrogen) atoms. The summed E-state index contributed by atoms with van der Waals surface area (Å²) in [6.07, 6.45) is -7.68. The van der Waals surface area contributed by atoms with Crippen molar-refractivity contribution in [1.29, 1.82) is 0 Å². The summed E-state index contributed by atoms with van der Waals surface area (Å²) < 4.78 is 17.3. The molecule has 0 amide bonds. The van der Waals surface area contributed by atoms with Gasteiger partial charge in [-0.1, -0.05) is 0 Å². The van der Waals surface area contributed by atoms with Gasteiger partial charge in [-0.15, -0.1) is 0 Å². The molecule has 7 N–H and O–H groups in total. The third-order valence-corrected chi connectivity index (χ3v) is 4.80. The van der Waals surface area contributed by atoms with E-state index in [4.69, 9.17) is 25.1 Å². The molecule has 0 bridgehead atoms. The van der Waals surface area contributed by atoms with Crippen LogP contribution in [0, 0.1) is 0 Å². The molecule has 3 rings (SSSR count). The highest BCUT2D eigenvalue weighted by molar-refractivity contribution is 5.23. The molecule has 2 fully saturated rings. The Labute approximate surface area is 153 Å². The molecule has 12 heteroatoms. The zero-order valence-electron chi connectivity index (χ0n) is 14.5. The number of rotatable bonds is 5. The summed E-state index contributed by atoms with van der Waals surface area (Å²) in [6.45, 7) is 0.512. The smallest absolute Gasteiger partial charge is 0.351 e. The van der Waals surface area contributed by atoms with Gasteiger partial charge in [0.25, 0.3) is 0 Å². The normalized spacial score (nSPS) is 41.9. The van der Waals surface area contributed by atoms with Crippen molar-refractivity contribution in [2.45, 2.75) is 55.6 Å². The van der Waals surface area contributed by atoms with Gasteiger partial charge in [0.05, 0.1) is 13.2 Å². The number of anilines is 1. The fraction of sp³-hybridized carbons (Fsp3) is 0.733. The Balaban J connectivity index is 1.69. The van der Waals surface area contributed by atoms with Crippen molar-refractivity contribution < 1.29 is 39.7 Å². The Bertz CT molecular complexity index is 731. The largest absolute Gasteiger partial charge is 0.394 e. The molecule has 1 aromatic rings. The van der Waals surface area contributed by atoms with Crippen LogP contribution >= 0.6 is 0 Å². The Morgan fingerprint density at radius 2 is 1.96 bits per heavy atom. The second-order valence-corrected chi connectivity index (χ2v) is 6.69. The Hall–Kier alpha value is -1.64. The molecular formula is C15H23N3O9. The number of nitrogen functional groups attached to an aromatic ring is 1. The lowest BCUT2D eigenvalue weighted by Crippen LogP contribution is -2.45. The number of aliphatic hydroxyl groups is 5. The highest BCUT2D eigenvalue weighted by atomic mass is 16.7. The second kappa shape index (κ2) is 7.41. The van der Waals surface area contributed by atoms with Gasteiger partial charge < -0.3 is 45.5 Å². The molecule has 1 unspecified atom stereocenters. The summed E-state index contributed by atoms with van der Waals surface area (Å²) in [6, 6.07) is 1.34. The van der Waals surface area contributed by atoms with Crippen LogP contribution in [-0.2, 0) is 14.2 Å². The van der Waals surface area contributed by atoms with Crippen LogP contribution in [0.15, 0.2) is 17.1 Å². The molecule has 152 valence electrons. The first-order valence-electron chi connectivity index (χ1n) is 8.33. The van der Waals surface area contributed by atoms with E-state index in [1.807, 2.05) is 0 Å². The third-order valence-electron chi connectivity index (χ3n) is 4.80. The summed E-state index contributed by atoms with van der Waals surface area (Å²) in [7, 11) is 0. The van der Waals surface area contributed by atoms with Crippen LogP contribution in [0.3, 0.4) is 0 Å². The number of aromatic nitrogens is 2. The zero-order valence-corrected chi connectivity index (χ0v) is 14.5. The van der Waals surface area contributed by atoms with Crippen molar-refractivity contribution in [3.8, 4) is 0 Å². The Kier molecular flexibility index (Phi) is 5.52. The molecular weight excluding hydrogens is 366 g/mol. The van der Waals surface area contributed by atoms with Crippen molar-refractivity contribution >= 4 is 5.82 Å². The van der Waals surface area contributed by atoms with Gasteiger partial charge in [0.2, 0.25) is 0 Å². The quantitative estimate of drug-likeness (QED) is 0.290. The highest BCUT2D eigenvalue weighted by Crippen LogP contribution is 2.34. The van der Waals surface area contributed by atoms with Crippen LogP contribution in [0.4, 0.5) is 5.82 Å². The number of aliphatic hydroxyl groups excluding tert-OH is 5. The fourth-order valence-electron chi connectivity index (χ4n) is 3.18. The summed E-state index contributed by atoms with van der Waals surface area (Å²) in [5, 5.41) is 49.5. The maximum atomic E-state index is 11.9. The number of ether oxygens (including phenoxy) is 3. The van der Waals surface area contributed by atoms with E-state index in [0.717, 1.165) is 4.57 Å². The number of nitrogens with zero attached hydrogens (tertiary/aromatic N) is 2. The molecule has 0 saturated carbocycles. The summed E-state index contributed by atoms with van der Waals surface area (Å²) in [4.78, 5) is 15.5. The van der Waals surface area contributed by atoms with Crippen LogP contribution in [0.2, 0.25) is 0 Å². The van der Waals surface area contributed by atoms with Crippen molar-refractivity contribution in [2.24, 2.45) is 0 Å². The topological polar surface area (TPSA) is 190 Å². The van der Waals surface area contributed by atoms with Crippen LogP contribution in [0.25, 0.3) is 0 Å². The van der Waals surface area contributed by atoms with E-state index < -0.39 is 60.9 Å². The number of hydrogen-bond donors (Lipinski definition) is 6. The summed E-state index contributed by atoms with van der Waals surface area (Å²) in [5.41, 5.74) is 4.66. The van der Waals surface area contributed by atoms with E-state index in [-0.39, 0.29) is 12.4 Å². The minimum Gasteiger partial charge on any atom is -0.394 e. The van der Waals surface area contributed by atoms with Crippen LogP contribution in [0.1, 0.15) is 13.2 Å². The third kappa shape index (κ3) is 3.58. The predicted octanol–water partition coefficient (Wildman–Crippen LogP) is -3.71. The standard InChI is InChI=1S/C15H23N3O9/c1-15(12(23)10(21)6(4-19)27-15)25-5-7-9(20)11(22)13(26-7)18-3-2-8(16)17-14(18)24/h2-3,6-7,9-13,19-23H,4-5H2,1H3,(H2,16,17,24)/t6-,7-,9-,10-,11-,12-,13-,15?/m1/s1. The van der Waals surface area contributed by atoms with E-state index >= 15 is 0 Å². The molecule has 0 aliphatic carbocycles. The van der Waals surface area contributed by atoms with Gasteiger partial charge in [-0.2, -0.15) is 4.98 Å². The van der Waals surface area contributed by atoms with Gasteiger partial charge in [0, 0.05) is 6.20 Å². The minimum atomic E-state index is -1.65. The van der Waals surface area contributed by atoms with E-state index in [9.17, 15) is 25.2 Å². The van der Waals surface area contributed by atoms with Crippen molar-refractivity contribution in [3.63, 3.8) is 0 Å². The number of hydrogen-bond acceptors (Lipinski definition) is 11. The molecule has 2 saturated heterocycles. The molecule has 1 aromatic heterocycles. The van der Waals surface area contributed by atoms with Crippen molar-refractivity contribution in [1.82, 2.24) is 9.55 Å². The monoisotopic (exact) mass is 389 g/mol. The highest BCUT2D eigenvalue weighted by Gasteiger charge is 2.53. The Morgan fingerprint density at radius 1 is 1.26 bits per heavy atom. The van der Waals surface area contributed by atoms with Crippen LogP contribution < -0.4 is 11.4 Å². The van der Waals surface area contributed by atoms with Crippen LogP contribution in [-0.4, -0.2) is 90.7 Å². The lowest BCUT2D eigenvalue weighted by atomic mass is 10.1. The molecule has 0 spiro atoms. The van der Waals surface area contributed by atoms with Gasteiger partial charge in [-0.3, -0.25) is 4.57 Å². The van der Waals surface area contributed by atoms with Gasteiger partial charge in [-0.05, 0) is 13.0 Å². The van der Waals surface area contributed by atoms with Crippen molar-refractivity contribution in [2.75, 3.05) is 18.9 Å². The summed E-state index contributed by atoms with van der Waals surface area (Å²) in [5.74, 6) is -1.65. The lowest BCUT2D eigenvalue weighted by Gasteiger charge is -2.29. The fourth-order valence-corrected chi connectivity index (χ4v) is 3.18. The molecule has 0 aromatic carbocycles. The molecule has 3 heterocycles. The van der Waals surface area contributed by atoms with E-state index in [0.29, 0.717) is 0 Å². The predicted molar refractivity (Wildman–Crippen MR) is 87.2 cm³/mol. The number of nitrogens with two attached hydrogens (primary N) is 1. The first-order chi connectivity index (χ1) is 12.7. The maximum Gasteiger partial charge on any atom is 0.351 e. The molecule has 2 aliphatic rings. The van der Waals surface area contributed by atoms with E-state index in [2.05, 4.69) is 4.98 Å². The Morgan fingerprint density at radius 3 is 2.56 bits per heavy atom. The molecule has 12 nitrogen and oxygen atoms in total. The molecule has 2 aliphatic heterocycles. The molecule has 8 atom stereocenters. The minimum absolute atomic E-state index is 0.00135. The zero-order chi connectivity index (χ0) is 19.9. The van der Waals surface area contributed by atoms with Gasteiger partial charge in [0.1, 0.15) is 42.4 Å².